The van der Waals surface area contributed by atoms with E-state index >= 15 is 0 Å². The van der Waals surface area contributed by atoms with Gasteiger partial charge in [-0.2, -0.15) is 0 Å². The van der Waals surface area contributed by atoms with Gasteiger partial charge in [-0.05, 0) is 39.5 Å². The van der Waals surface area contributed by atoms with Gasteiger partial charge in [0, 0.05) is 32.5 Å². The van der Waals surface area contributed by atoms with Crippen LogP contribution in [0.1, 0.15) is 81.6 Å². The summed E-state index contributed by atoms with van der Waals surface area (Å²) in [4.78, 5) is 31.2. The van der Waals surface area contributed by atoms with Crippen molar-refractivity contribution in [2.75, 3.05) is 34.2 Å². The highest BCUT2D eigenvalue weighted by Crippen LogP contribution is 2.36. The number of oxime groups is 1. The Balaban J connectivity index is 0.00000667. The van der Waals surface area contributed by atoms with Crippen molar-refractivity contribution in [3.8, 4) is 0 Å². The molecule has 1 rings (SSSR count). The number of hydrogen-bond acceptors (Lipinski definition) is 10. The Labute approximate surface area is 229 Å². The van der Waals surface area contributed by atoms with E-state index in [4.69, 9.17) is 23.8 Å². The maximum absolute atomic E-state index is 12.9. The Morgan fingerprint density at radius 2 is 1.68 bits per heavy atom. The fourth-order valence-electron chi connectivity index (χ4n) is 4.70. The van der Waals surface area contributed by atoms with Gasteiger partial charge in [0.25, 0.3) is 0 Å². The molecule has 224 valence electrons. The van der Waals surface area contributed by atoms with E-state index in [1.54, 1.807) is 28.1 Å². The van der Waals surface area contributed by atoms with E-state index in [-0.39, 0.29) is 37.3 Å². The standard InChI is InChI=1S/C26H47NO9.C2H6/c1-10-21-26(7,31)23(29)19(5)22(27-35-15-34-12-11-32-8)16(2)14-25(6,33-9)17(3)13-20(28)18(4)24(30)36-21;1-2/h16-19,21,23,29,31H,10-15H2,1-9H3;1-2H3/b27-22+;/t16-,17-,18?,19?,21-,23?,25-,26-;/m1./s1. The average molecular weight is 548 g/mol. The fourth-order valence-corrected chi connectivity index (χ4v) is 4.70. The van der Waals surface area contributed by atoms with Crippen LogP contribution < -0.4 is 0 Å². The van der Waals surface area contributed by atoms with Crippen LogP contribution in [0.2, 0.25) is 0 Å². The quantitative estimate of drug-likeness (QED) is 0.153. The molecule has 0 saturated carbocycles. The number of ketones is 1. The van der Waals surface area contributed by atoms with Crippen LogP contribution in [0.15, 0.2) is 5.16 Å². The maximum Gasteiger partial charge on any atom is 0.316 e. The van der Waals surface area contributed by atoms with Crippen LogP contribution in [0.25, 0.3) is 0 Å². The van der Waals surface area contributed by atoms with Crippen LogP contribution in [-0.4, -0.2) is 85.3 Å². The first-order valence-corrected chi connectivity index (χ1v) is 13.7. The van der Waals surface area contributed by atoms with Crippen molar-refractivity contribution in [2.24, 2.45) is 28.8 Å². The van der Waals surface area contributed by atoms with Crippen molar-refractivity contribution < 1.29 is 43.6 Å². The second-order valence-electron chi connectivity index (χ2n) is 10.4. The van der Waals surface area contributed by atoms with Crippen LogP contribution >= 0.6 is 0 Å². The molecule has 1 aliphatic rings. The number of carbonyl (C=O) groups excluding carboxylic acids is 2. The summed E-state index contributed by atoms with van der Waals surface area (Å²) in [5.41, 5.74) is -2.06. The number of methoxy groups -OCH3 is 2. The molecule has 10 nitrogen and oxygen atoms in total. The van der Waals surface area contributed by atoms with E-state index in [2.05, 4.69) is 5.16 Å². The first kappa shape index (κ1) is 36.4. The molecule has 0 aromatic carbocycles. The van der Waals surface area contributed by atoms with Gasteiger partial charge in [0.05, 0.1) is 30.6 Å². The molecule has 10 heteroatoms. The third kappa shape index (κ3) is 9.86. The molecule has 0 aromatic rings. The molecule has 1 heterocycles. The second-order valence-corrected chi connectivity index (χ2v) is 10.4. The van der Waals surface area contributed by atoms with E-state index in [9.17, 15) is 19.8 Å². The number of esters is 1. The Kier molecular flexibility index (Phi) is 16.5. The number of nitrogens with zero attached hydrogens (tertiary/aromatic N) is 1. The molecule has 8 atom stereocenters. The lowest BCUT2D eigenvalue weighted by Gasteiger charge is -2.41. The maximum atomic E-state index is 12.9. The van der Waals surface area contributed by atoms with E-state index in [0.29, 0.717) is 25.3 Å². The number of Topliss-reactive ketones (excluding diaryl/α,β-unsaturated/α-hetero) is 1. The van der Waals surface area contributed by atoms with Gasteiger partial charge in [-0.1, -0.05) is 46.7 Å². The van der Waals surface area contributed by atoms with Gasteiger partial charge < -0.3 is 34.0 Å². The summed E-state index contributed by atoms with van der Waals surface area (Å²) in [6.07, 6.45) is -1.56. The van der Waals surface area contributed by atoms with Crippen molar-refractivity contribution >= 4 is 17.5 Å². The number of cyclic esters (lactones) is 1. The zero-order chi connectivity index (χ0) is 29.7. The summed E-state index contributed by atoms with van der Waals surface area (Å²) in [5, 5.41) is 26.9. The number of aliphatic hydroxyl groups is 2. The smallest absolute Gasteiger partial charge is 0.316 e. The fraction of sp³-hybridized carbons (Fsp3) is 0.893. The number of carbonyl (C=O) groups is 2. The van der Waals surface area contributed by atoms with Crippen LogP contribution in [0.3, 0.4) is 0 Å². The molecule has 1 aliphatic heterocycles. The van der Waals surface area contributed by atoms with Crippen molar-refractivity contribution in [2.45, 2.75) is 105 Å². The molecule has 0 aliphatic carbocycles. The van der Waals surface area contributed by atoms with E-state index in [1.807, 2.05) is 34.6 Å². The van der Waals surface area contributed by atoms with Crippen LogP contribution in [-0.2, 0) is 33.4 Å². The molecule has 0 bridgehead atoms. The summed E-state index contributed by atoms with van der Waals surface area (Å²) >= 11 is 0. The highest BCUT2D eigenvalue weighted by molar-refractivity contribution is 5.98. The average Bonchev–Trinajstić information content (AvgIpc) is 2.89. The van der Waals surface area contributed by atoms with Crippen LogP contribution in [0, 0.1) is 23.7 Å². The number of ether oxygens (including phenoxy) is 4. The molecule has 2 N–H and O–H groups in total. The number of rotatable bonds is 8. The zero-order valence-corrected chi connectivity index (χ0v) is 25.4. The van der Waals surface area contributed by atoms with Gasteiger partial charge in [-0.25, -0.2) is 0 Å². The van der Waals surface area contributed by atoms with Gasteiger partial charge in [0.2, 0.25) is 6.79 Å². The highest BCUT2D eigenvalue weighted by atomic mass is 16.7. The minimum absolute atomic E-state index is 0.113. The molecule has 1 saturated heterocycles. The van der Waals surface area contributed by atoms with E-state index < -0.39 is 41.2 Å². The van der Waals surface area contributed by atoms with Gasteiger partial charge in [0.15, 0.2) is 0 Å². The Bertz CT molecular complexity index is 742. The SMILES string of the molecule is CC.CC[C@H]1OC(=O)C(C)C(=O)C[C@@H](C)[C@](C)(OC)C[C@@H](C)/C(=N\OCOCCOC)C(C)C(O)[C@]1(C)O. The van der Waals surface area contributed by atoms with Crippen LogP contribution in [0.5, 0.6) is 0 Å². The zero-order valence-electron chi connectivity index (χ0n) is 25.4. The monoisotopic (exact) mass is 547 g/mol. The summed E-state index contributed by atoms with van der Waals surface area (Å²) < 4.78 is 21.7. The molecule has 3 unspecified atom stereocenters. The highest BCUT2D eigenvalue weighted by Gasteiger charge is 2.47. The van der Waals surface area contributed by atoms with Gasteiger partial charge >= 0.3 is 5.97 Å². The van der Waals surface area contributed by atoms with E-state index in [0.717, 1.165) is 0 Å². The topological polar surface area (TPSA) is 133 Å². The molecule has 0 amide bonds. The number of hydrogen-bond donors (Lipinski definition) is 2. The largest absolute Gasteiger partial charge is 0.459 e. The lowest BCUT2D eigenvalue weighted by Crippen LogP contribution is -2.56. The summed E-state index contributed by atoms with van der Waals surface area (Å²) in [6.45, 7) is 16.8. The molecule has 0 spiro atoms. The lowest BCUT2D eigenvalue weighted by atomic mass is 9.74. The Morgan fingerprint density at radius 1 is 1.08 bits per heavy atom. The predicted octanol–water partition coefficient (Wildman–Crippen LogP) is 3.75. The summed E-state index contributed by atoms with van der Waals surface area (Å²) in [7, 11) is 3.15. The Morgan fingerprint density at radius 3 is 2.21 bits per heavy atom. The first-order valence-electron chi connectivity index (χ1n) is 13.7. The summed E-state index contributed by atoms with van der Waals surface area (Å²) in [6, 6.07) is 0. The van der Waals surface area contributed by atoms with Crippen molar-refractivity contribution in [3.05, 3.63) is 0 Å². The first-order chi connectivity index (χ1) is 17.8. The Hall–Kier alpha value is -1.59. The molecule has 0 radical (unpaired) electrons. The van der Waals surface area contributed by atoms with Crippen molar-refractivity contribution in [1.29, 1.82) is 0 Å². The van der Waals surface area contributed by atoms with E-state index in [1.165, 1.54) is 13.8 Å². The lowest BCUT2D eigenvalue weighted by molar-refractivity contribution is -0.186. The van der Waals surface area contributed by atoms with Crippen molar-refractivity contribution in [3.63, 3.8) is 0 Å². The van der Waals surface area contributed by atoms with Gasteiger partial charge in [-0.3, -0.25) is 9.59 Å². The third-order valence-corrected chi connectivity index (χ3v) is 7.63. The van der Waals surface area contributed by atoms with Crippen LogP contribution in [0.4, 0.5) is 0 Å². The molecule has 38 heavy (non-hydrogen) atoms. The number of aliphatic hydroxyl groups excluding tert-OH is 1. The molecular weight excluding hydrogens is 494 g/mol. The van der Waals surface area contributed by atoms with Gasteiger partial charge in [0.1, 0.15) is 23.4 Å². The minimum Gasteiger partial charge on any atom is -0.459 e. The predicted molar refractivity (Wildman–Crippen MR) is 146 cm³/mol. The summed E-state index contributed by atoms with van der Waals surface area (Å²) in [5.74, 6) is -3.14. The molecular formula is C28H53NO9. The molecule has 0 aromatic heterocycles. The second kappa shape index (κ2) is 17.2. The normalized spacial score (nSPS) is 36.6. The third-order valence-electron chi connectivity index (χ3n) is 7.63. The van der Waals surface area contributed by atoms with Gasteiger partial charge in [-0.15, -0.1) is 0 Å². The minimum atomic E-state index is -1.82. The van der Waals surface area contributed by atoms with Crippen molar-refractivity contribution in [1.82, 2.24) is 0 Å². The molecule has 1 fully saturated rings.